The molecular weight excluding hydrogens is 283 g/mol. The van der Waals surface area contributed by atoms with E-state index >= 15 is 0 Å². The fraction of sp³-hybridized carbons (Fsp3) is 0.118. The lowest BCUT2D eigenvalue weighted by Crippen LogP contribution is -2.32. The summed E-state index contributed by atoms with van der Waals surface area (Å²) in [5.74, 6) is -2.37. The van der Waals surface area contributed by atoms with Crippen LogP contribution in [-0.2, 0) is 4.79 Å². The first-order valence-corrected chi connectivity index (χ1v) is 6.82. The third kappa shape index (κ3) is 2.41. The Kier molecular flexibility index (Phi) is 3.55. The van der Waals surface area contributed by atoms with E-state index in [9.17, 15) is 14.0 Å². The van der Waals surface area contributed by atoms with Crippen molar-refractivity contribution in [2.45, 2.75) is 6.92 Å². The molecule has 0 unspecified atom stereocenters. The van der Waals surface area contributed by atoms with Crippen molar-refractivity contribution in [3.8, 4) is 0 Å². The van der Waals surface area contributed by atoms with Crippen LogP contribution in [0.4, 0.5) is 10.1 Å². The summed E-state index contributed by atoms with van der Waals surface area (Å²) in [6, 6.07) is 14.2. The molecule has 0 saturated heterocycles. The average molecular weight is 296 g/mol. The van der Waals surface area contributed by atoms with Crippen molar-refractivity contribution >= 4 is 23.1 Å². The monoisotopic (exact) mass is 296 g/mol. The summed E-state index contributed by atoms with van der Waals surface area (Å²) in [4.78, 5) is 25.0. The van der Waals surface area contributed by atoms with Crippen molar-refractivity contribution in [1.29, 1.82) is 0 Å². The van der Waals surface area contributed by atoms with Gasteiger partial charge in [-0.3, -0.25) is 9.59 Å². The number of ketones is 1. The Bertz CT molecular complexity index is 771. The summed E-state index contributed by atoms with van der Waals surface area (Å²) in [6.07, 6.45) is 0. The third-order valence-electron chi connectivity index (χ3n) is 3.50. The Labute approximate surface area is 126 Å². The second-order valence-corrected chi connectivity index (χ2v) is 5.03. The number of hydrogen-bond acceptors (Lipinski definition) is 3. The molecule has 5 heteroatoms. The number of carbonyl (C=O) groups is 2. The summed E-state index contributed by atoms with van der Waals surface area (Å²) < 4.78 is 13.3. The van der Waals surface area contributed by atoms with Crippen LogP contribution in [0.25, 0.3) is 0 Å². The normalized spacial score (nSPS) is 17.5. The summed E-state index contributed by atoms with van der Waals surface area (Å²) >= 11 is 0. The first kappa shape index (κ1) is 14.1. The zero-order valence-electron chi connectivity index (χ0n) is 11.9. The van der Waals surface area contributed by atoms with E-state index < -0.39 is 23.4 Å². The SMILES string of the molecule is CC1=NN(c2ccccc2)C(=O)[C@@H]1C(=O)c1cccc(F)c1. The zero-order chi connectivity index (χ0) is 15.7. The van der Waals surface area contributed by atoms with Gasteiger partial charge in [0.15, 0.2) is 5.78 Å². The van der Waals surface area contributed by atoms with E-state index in [-0.39, 0.29) is 5.56 Å². The number of hydrogen-bond donors (Lipinski definition) is 0. The van der Waals surface area contributed by atoms with Crippen molar-refractivity contribution in [3.63, 3.8) is 0 Å². The van der Waals surface area contributed by atoms with Gasteiger partial charge in [-0.1, -0.05) is 30.3 Å². The highest BCUT2D eigenvalue weighted by Gasteiger charge is 2.39. The highest BCUT2D eigenvalue weighted by atomic mass is 19.1. The van der Waals surface area contributed by atoms with Gasteiger partial charge in [0, 0.05) is 5.56 Å². The summed E-state index contributed by atoms with van der Waals surface area (Å²) in [6.45, 7) is 1.63. The molecule has 0 aliphatic carbocycles. The van der Waals surface area contributed by atoms with Gasteiger partial charge in [-0.05, 0) is 31.2 Å². The highest BCUT2D eigenvalue weighted by molar-refractivity contribution is 6.30. The van der Waals surface area contributed by atoms with Crippen LogP contribution in [0.5, 0.6) is 0 Å². The van der Waals surface area contributed by atoms with Crippen LogP contribution < -0.4 is 5.01 Å². The molecule has 2 aromatic carbocycles. The van der Waals surface area contributed by atoms with Gasteiger partial charge in [0.25, 0.3) is 5.91 Å². The number of benzene rings is 2. The van der Waals surface area contributed by atoms with Gasteiger partial charge in [-0.25, -0.2) is 4.39 Å². The molecule has 4 nitrogen and oxygen atoms in total. The van der Waals surface area contributed by atoms with Gasteiger partial charge >= 0.3 is 0 Å². The fourth-order valence-electron chi connectivity index (χ4n) is 2.43. The lowest BCUT2D eigenvalue weighted by atomic mass is 9.93. The van der Waals surface area contributed by atoms with Gasteiger partial charge in [0.1, 0.15) is 11.7 Å². The maximum Gasteiger partial charge on any atom is 0.264 e. The van der Waals surface area contributed by atoms with Crippen molar-refractivity contribution in [2.75, 3.05) is 5.01 Å². The largest absolute Gasteiger partial charge is 0.293 e. The predicted molar refractivity (Wildman–Crippen MR) is 81.3 cm³/mol. The molecule has 0 aromatic heterocycles. The minimum atomic E-state index is -0.998. The topological polar surface area (TPSA) is 49.7 Å². The van der Waals surface area contributed by atoms with Gasteiger partial charge in [-0.15, -0.1) is 0 Å². The summed E-state index contributed by atoms with van der Waals surface area (Å²) in [7, 11) is 0. The Balaban J connectivity index is 1.92. The standard InChI is InChI=1S/C17H13FN2O2/c1-11-15(16(21)12-6-5-7-13(18)10-12)17(22)20(19-11)14-8-3-2-4-9-14/h2-10,15H,1H3/t15-/m0/s1. The molecule has 1 atom stereocenters. The van der Waals surface area contributed by atoms with Crippen LogP contribution in [0.1, 0.15) is 17.3 Å². The molecule has 1 amide bonds. The Morgan fingerprint density at radius 2 is 1.86 bits per heavy atom. The molecule has 0 N–H and O–H groups in total. The Morgan fingerprint density at radius 3 is 2.55 bits per heavy atom. The number of amides is 1. The Morgan fingerprint density at radius 1 is 1.14 bits per heavy atom. The van der Waals surface area contributed by atoms with E-state index in [4.69, 9.17) is 0 Å². The van der Waals surface area contributed by atoms with E-state index in [1.165, 1.54) is 23.2 Å². The molecule has 3 rings (SSSR count). The van der Waals surface area contributed by atoms with Crippen LogP contribution in [0.3, 0.4) is 0 Å². The average Bonchev–Trinajstić information content (AvgIpc) is 2.82. The molecule has 2 aromatic rings. The molecule has 0 spiro atoms. The quantitative estimate of drug-likeness (QED) is 0.645. The lowest BCUT2D eigenvalue weighted by molar-refractivity contribution is -0.118. The van der Waals surface area contributed by atoms with E-state index in [1.54, 1.807) is 31.2 Å². The maximum absolute atomic E-state index is 13.3. The molecule has 0 fully saturated rings. The van der Waals surface area contributed by atoms with Gasteiger partial charge < -0.3 is 0 Å². The third-order valence-corrected chi connectivity index (χ3v) is 3.50. The molecule has 1 aliphatic rings. The number of carbonyl (C=O) groups excluding carboxylic acids is 2. The number of anilines is 1. The fourth-order valence-corrected chi connectivity index (χ4v) is 2.43. The maximum atomic E-state index is 13.3. The second-order valence-electron chi connectivity index (χ2n) is 5.03. The van der Waals surface area contributed by atoms with E-state index in [2.05, 4.69) is 5.10 Å². The molecule has 1 heterocycles. The van der Waals surface area contributed by atoms with Crippen molar-refractivity contribution < 1.29 is 14.0 Å². The number of para-hydroxylation sites is 1. The molecule has 0 bridgehead atoms. The minimum Gasteiger partial charge on any atom is -0.293 e. The zero-order valence-corrected chi connectivity index (χ0v) is 11.9. The minimum absolute atomic E-state index is 0.169. The van der Waals surface area contributed by atoms with Crippen molar-refractivity contribution in [2.24, 2.45) is 11.0 Å². The number of rotatable bonds is 3. The molecule has 0 saturated carbocycles. The van der Waals surface area contributed by atoms with Crippen molar-refractivity contribution in [1.82, 2.24) is 0 Å². The van der Waals surface area contributed by atoms with Crippen molar-refractivity contribution in [3.05, 3.63) is 66.0 Å². The molecule has 22 heavy (non-hydrogen) atoms. The van der Waals surface area contributed by atoms with Crippen LogP contribution in [0.2, 0.25) is 0 Å². The van der Waals surface area contributed by atoms with Crippen LogP contribution in [0.15, 0.2) is 59.7 Å². The lowest BCUT2D eigenvalue weighted by Gasteiger charge is -2.13. The molecule has 0 radical (unpaired) electrons. The number of Topliss-reactive ketones (excluding diaryl/α,β-unsaturated/α-hetero) is 1. The number of halogens is 1. The van der Waals surface area contributed by atoms with Crippen LogP contribution in [0, 0.1) is 11.7 Å². The summed E-state index contributed by atoms with van der Waals surface area (Å²) in [5.41, 5.74) is 1.17. The highest BCUT2D eigenvalue weighted by Crippen LogP contribution is 2.26. The van der Waals surface area contributed by atoms with Crippen LogP contribution >= 0.6 is 0 Å². The Hall–Kier alpha value is -2.82. The van der Waals surface area contributed by atoms with E-state index in [1.807, 2.05) is 6.07 Å². The molecule has 110 valence electrons. The van der Waals surface area contributed by atoms with Gasteiger partial charge in [0.05, 0.1) is 11.4 Å². The van der Waals surface area contributed by atoms with Gasteiger partial charge in [-0.2, -0.15) is 10.1 Å². The molecular formula is C17H13FN2O2. The van der Waals surface area contributed by atoms with Crippen LogP contribution in [-0.4, -0.2) is 17.4 Å². The number of hydrazone groups is 1. The van der Waals surface area contributed by atoms with E-state index in [0.717, 1.165) is 6.07 Å². The first-order valence-electron chi connectivity index (χ1n) is 6.82. The summed E-state index contributed by atoms with van der Waals surface area (Å²) in [5, 5.41) is 5.40. The number of nitrogens with zero attached hydrogens (tertiary/aromatic N) is 2. The van der Waals surface area contributed by atoms with Gasteiger partial charge in [0.2, 0.25) is 0 Å². The predicted octanol–water partition coefficient (Wildman–Crippen LogP) is 3.05. The first-order chi connectivity index (χ1) is 10.6. The smallest absolute Gasteiger partial charge is 0.264 e. The second kappa shape index (κ2) is 5.52. The molecule has 1 aliphatic heterocycles. The van der Waals surface area contributed by atoms with E-state index in [0.29, 0.717) is 11.4 Å².